The van der Waals surface area contributed by atoms with Gasteiger partial charge in [-0.25, -0.2) is 9.97 Å². The monoisotopic (exact) mass is 406 g/mol. The quantitative estimate of drug-likeness (QED) is 0.715. The summed E-state index contributed by atoms with van der Waals surface area (Å²) in [5, 5.41) is 3.72. The van der Waals surface area contributed by atoms with E-state index in [1.165, 1.54) is 18.7 Å². The lowest BCUT2D eigenvalue weighted by Crippen LogP contribution is -2.48. The summed E-state index contributed by atoms with van der Waals surface area (Å²) in [5.74, 6) is 0.919. The van der Waals surface area contributed by atoms with E-state index in [4.69, 9.17) is 23.1 Å². The van der Waals surface area contributed by atoms with Crippen molar-refractivity contribution in [1.29, 1.82) is 0 Å². The molecule has 144 valence electrons. The SMILES string of the molecule is CC(=O)Nc1cccc(Sc2ncc(N3CCC(C)(N)CC3)nc2N)c1Cl. The highest BCUT2D eigenvalue weighted by atomic mass is 35.5. The number of aromatic nitrogens is 2. The van der Waals surface area contributed by atoms with Gasteiger partial charge < -0.3 is 21.7 Å². The first kappa shape index (κ1) is 19.7. The third-order valence-corrected chi connectivity index (χ3v) is 6.05. The van der Waals surface area contributed by atoms with Crippen LogP contribution in [0.1, 0.15) is 26.7 Å². The van der Waals surface area contributed by atoms with Gasteiger partial charge in [-0.1, -0.05) is 29.4 Å². The number of halogens is 1. The standard InChI is InChI=1S/C18H23ClN6OS/c1-11(26)23-12-4-3-5-13(15(12)19)27-17-16(20)24-14(10-22-17)25-8-6-18(2,21)7-9-25/h3-5,10H,6-9,21H2,1-2H3,(H2,20,24)(H,23,26). The smallest absolute Gasteiger partial charge is 0.221 e. The summed E-state index contributed by atoms with van der Waals surface area (Å²) in [5.41, 5.74) is 12.8. The normalized spacial score (nSPS) is 16.2. The van der Waals surface area contributed by atoms with Crippen LogP contribution in [0.2, 0.25) is 5.02 Å². The highest BCUT2D eigenvalue weighted by Crippen LogP contribution is 2.38. The van der Waals surface area contributed by atoms with Crippen LogP contribution in [0.5, 0.6) is 0 Å². The molecule has 0 atom stereocenters. The van der Waals surface area contributed by atoms with Crippen molar-refractivity contribution in [1.82, 2.24) is 9.97 Å². The number of anilines is 3. The first-order valence-electron chi connectivity index (χ1n) is 8.65. The molecule has 0 aliphatic carbocycles. The van der Waals surface area contributed by atoms with Crippen LogP contribution >= 0.6 is 23.4 Å². The Morgan fingerprint density at radius 3 is 2.70 bits per heavy atom. The number of rotatable bonds is 4. The zero-order valence-electron chi connectivity index (χ0n) is 15.3. The number of nitrogens with zero attached hydrogens (tertiary/aromatic N) is 3. The van der Waals surface area contributed by atoms with E-state index in [-0.39, 0.29) is 11.4 Å². The number of piperidine rings is 1. The number of nitrogens with one attached hydrogen (secondary N) is 1. The minimum absolute atomic E-state index is 0.124. The molecule has 3 rings (SSSR count). The molecule has 1 fully saturated rings. The fourth-order valence-corrected chi connectivity index (χ4v) is 3.94. The highest BCUT2D eigenvalue weighted by molar-refractivity contribution is 7.99. The Hall–Kier alpha value is -2.03. The fourth-order valence-electron chi connectivity index (χ4n) is 2.84. The molecule has 0 unspecified atom stereocenters. The van der Waals surface area contributed by atoms with E-state index >= 15 is 0 Å². The lowest BCUT2D eigenvalue weighted by Gasteiger charge is -2.37. The lowest BCUT2D eigenvalue weighted by molar-refractivity contribution is -0.114. The average Bonchev–Trinajstić information content (AvgIpc) is 2.59. The zero-order valence-corrected chi connectivity index (χ0v) is 16.9. The van der Waals surface area contributed by atoms with Gasteiger partial charge in [-0.2, -0.15) is 0 Å². The molecular weight excluding hydrogens is 384 g/mol. The van der Waals surface area contributed by atoms with Crippen LogP contribution in [0.4, 0.5) is 17.3 Å². The van der Waals surface area contributed by atoms with Crippen molar-refractivity contribution in [2.75, 3.05) is 29.0 Å². The van der Waals surface area contributed by atoms with E-state index in [1.54, 1.807) is 12.3 Å². The summed E-state index contributed by atoms with van der Waals surface area (Å²) in [7, 11) is 0. The molecule has 5 N–H and O–H groups in total. The number of hydrogen-bond donors (Lipinski definition) is 3. The Balaban J connectivity index is 1.76. The second-order valence-corrected chi connectivity index (χ2v) is 8.37. The molecule has 7 nitrogen and oxygen atoms in total. The number of nitrogens with two attached hydrogens (primary N) is 2. The van der Waals surface area contributed by atoms with Crippen LogP contribution in [-0.4, -0.2) is 34.5 Å². The largest absolute Gasteiger partial charge is 0.381 e. The summed E-state index contributed by atoms with van der Waals surface area (Å²) in [6.45, 7) is 5.17. The fraction of sp³-hybridized carbons (Fsp3) is 0.389. The molecular formula is C18H23ClN6OS. The van der Waals surface area contributed by atoms with Gasteiger partial charge in [-0.3, -0.25) is 4.79 Å². The van der Waals surface area contributed by atoms with Crippen molar-refractivity contribution in [2.45, 2.75) is 42.1 Å². The lowest BCUT2D eigenvalue weighted by atomic mass is 9.91. The summed E-state index contributed by atoms with van der Waals surface area (Å²) in [4.78, 5) is 23.2. The molecule has 9 heteroatoms. The molecule has 1 aromatic carbocycles. The van der Waals surface area contributed by atoms with Crippen LogP contribution in [-0.2, 0) is 4.79 Å². The number of nitrogen functional groups attached to an aromatic ring is 1. The molecule has 1 amide bonds. The summed E-state index contributed by atoms with van der Waals surface area (Å²) in [6, 6.07) is 5.41. The van der Waals surface area contributed by atoms with E-state index in [0.717, 1.165) is 36.6 Å². The molecule has 0 radical (unpaired) electrons. The first-order valence-corrected chi connectivity index (χ1v) is 9.85. The molecule has 0 spiro atoms. The second-order valence-electron chi connectivity index (χ2n) is 6.96. The predicted molar refractivity (Wildman–Crippen MR) is 110 cm³/mol. The van der Waals surface area contributed by atoms with Crippen molar-refractivity contribution in [2.24, 2.45) is 5.73 Å². The summed E-state index contributed by atoms with van der Waals surface area (Å²) < 4.78 is 0. The minimum atomic E-state index is -0.183. The Kier molecular flexibility index (Phi) is 5.78. The second kappa shape index (κ2) is 7.92. The van der Waals surface area contributed by atoms with Crippen LogP contribution in [0.25, 0.3) is 0 Å². The number of hydrogen-bond acceptors (Lipinski definition) is 7. The average molecular weight is 407 g/mol. The predicted octanol–water partition coefficient (Wildman–Crippen LogP) is 3.14. The maximum atomic E-state index is 11.3. The highest BCUT2D eigenvalue weighted by Gasteiger charge is 2.27. The van der Waals surface area contributed by atoms with Crippen molar-refractivity contribution in [3.05, 3.63) is 29.4 Å². The van der Waals surface area contributed by atoms with E-state index in [2.05, 4.69) is 27.1 Å². The molecule has 0 bridgehead atoms. The van der Waals surface area contributed by atoms with Crippen LogP contribution in [0.3, 0.4) is 0 Å². The van der Waals surface area contributed by atoms with Gasteiger partial charge in [0, 0.05) is 30.4 Å². The molecule has 1 aliphatic rings. The number of carbonyl (C=O) groups excluding carboxylic acids is 1. The Morgan fingerprint density at radius 2 is 2.07 bits per heavy atom. The Labute approximate surface area is 167 Å². The van der Waals surface area contributed by atoms with Crippen molar-refractivity contribution < 1.29 is 4.79 Å². The zero-order chi connectivity index (χ0) is 19.6. The number of amides is 1. The third kappa shape index (κ3) is 4.82. The first-order chi connectivity index (χ1) is 12.7. The van der Waals surface area contributed by atoms with Crippen molar-refractivity contribution in [3.8, 4) is 0 Å². The minimum Gasteiger partial charge on any atom is -0.381 e. The molecule has 2 aromatic rings. The van der Waals surface area contributed by atoms with Gasteiger partial charge >= 0.3 is 0 Å². The summed E-state index contributed by atoms with van der Waals surface area (Å²) >= 11 is 7.71. The van der Waals surface area contributed by atoms with Gasteiger partial charge in [0.25, 0.3) is 0 Å². The van der Waals surface area contributed by atoms with Crippen molar-refractivity contribution in [3.63, 3.8) is 0 Å². The third-order valence-electron chi connectivity index (χ3n) is 4.46. The van der Waals surface area contributed by atoms with Gasteiger partial charge in [0.05, 0.1) is 16.9 Å². The number of benzene rings is 1. The van der Waals surface area contributed by atoms with Gasteiger partial charge in [-0.05, 0) is 31.9 Å². The molecule has 1 aliphatic heterocycles. The van der Waals surface area contributed by atoms with Crippen LogP contribution in [0, 0.1) is 0 Å². The Morgan fingerprint density at radius 1 is 1.37 bits per heavy atom. The summed E-state index contributed by atoms with van der Waals surface area (Å²) in [6.07, 6.45) is 3.52. The van der Waals surface area contributed by atoms with Crippen LogP contribution < -0.4 is 21.7 Å². The van der Waals surface area contributed by atoms with E-state index in [1.807, 2.05) is 12.1 Å². The molecule has 27 heavy (non-hydrogen) atoms. The van der Waals surface area contributed by atoms with Crippen molar-refractivity contribution >= 4 is 46.6 Å². The number of carbonyl (C=O) groups is 1. The molecule has 2 heterocycles. The van der Waals surface area contributed by atoms with Gasteiger partial charge in [-0.15, -0.1) is 0 Å². The molecule has 0 saturated carbocycles. The van der Waals surface area contributed by atoms with Gasteiger partial charge in [0.1, 0.15) is 10.8 Å². The van der Waals surface area contributed by atoms with E-state index < -0.39 is 0 Å². The van der Waals surface area contributed by atoms with Gasteiger partial charge in [0.2, 0.25) is 5.91 Å². The molecule has 1 saturated heterocycles. The maximum absolute atomic E-state index is 11.3. The molecule has 1 aromatic heterocycles. The topological polar surface area (TPSA) is 110 Å². The van der Waals surface area contributed by atoms with Gasteiger partial charge in [0.15, 0.2) is 5.82 Å². The Bertz CT molecular complexity index is 850. The van der Waals surface area contributed by atoms with E-state index in [9.17, 15) is 4.79 Å². The van der Waals surface area contributed by atoms with E-state index in [0.29, 0.717) is 21.6 Å². The van der Waals surface area contributed by atoms with Crippen LogP contribution in [0.15, 0.2) is 34.3 Å². The maximum Gasteiger partial charge on any atom is 0.221 e.